The molecule has 0 bridgehead atoms. The summed E-state index contributed by atoms with van der Waals surface area (Å²) in [4.78, 5) is 36.1. The van der Waals surface area contributed by atoms with E-state index in [4.69, 9.17) is 4.74 Å². The molecular weight excluding hydrogens is 440 g/mol. The maximum Gasteiger partial charge on any atom is 0.282 e. The van der Waals surface area contributed by atoms with Crippen LogP contribution in [0.15, 0.2) is 54.9 Å². The van der Waals surface area contributed by atoms with Crippen LogP contribution in [0.1, 0.15) is 10.4 Å². The number of anilines is 1. The summed E-state index contributed by atoms with van der Waals surface area (Å²) in [5, 5.41) is 19.9. The molecule has 1 fully saturated rings. The molecule has 3 heterocycles. The van der Waals surface area contributed by atoms with E-state index in [1.165, 1.54) is 18.5 Å². The predicted octanol–water partition coefficient (Wildman–Crippen LogP) is 2.09. The quantitative estimate of drug-likeness (QED) is 0.324. The zero-order valence-electron chi connectivity index (χ0n) is 18.2. The second-order valence-corrected chi connectivity index (χ2v) is 7.63. The summed E-state index contributed by atoms with van der Waals surface area (Å²) < 4.78 is 6.92. The number of para-hydroxylation sites is 1. The minimum absolute atomic E-state index is 0.0895. The van der Waals surface area contributed by atoms with Gasteiger partial charge in [0.15, 0.2) is 17.0 Å². The Hall–Kier alpha value is -4.61. The number of aromatic nitrogens is 5. The first-order valence-corrected chi connectivity index (χ1v) is 10.6. The van der Waals surface area contributed by atoms with Gasteiger partial charge in [-0.3, -0.25) is 14.9 Å². The summed E-state index contributed by atoms with van der Waals surface area (Å²) in [6, 6.07) is 13.4. The topological polar surface area (TPSA) is 132 Å². The molecule has 0 aliphatic carbocycles. The van der Waals surface area contributed by atoms with Crippen molar-refractivity contribution in [2.24, 2.45) is 0 Å². The second-order valence-electron chi connectivity index (χ2n) is 7.63. The minimum Gasteiger partial charge on any atom is -0.497 e. The van der Waals surface area contributed by atoms with Crippen LogP contribution in [0.25, 0.3) is 16.9 Å². The van der Waals surface area contributed by atoms with E-state index in [1.807, 2.05) is 29.2 Å². The van der Waals surface area contributed by atoms with Gasteiger partial charge >= 0.3 is 0 Å². The molecule has 1 aliphatic rings. The summed E-state index contributed by atoms with van der Waals surface area (Å²) >= 11 is 0. The van der Waals surface area contributed by atoms with Crippen molar-refractivity contribution in [3.63, 3.8) is 0 Å². The van der Waals surface area contributed by atoms with Crippen molar-refractivity contribution in [3.05, 3.63) is 70.5 Å². The van der Waals surface area contributed by atoms with Crippen LogP contribution in [0.5, 0.6) is 5.75 Å². The molecule has 0 saturated carbocycles. The standard InChI is InChI=1S/C22H20N8O4/c1-34-16-6-4-5-15(13-16)29-21-19(25-26-29)20(23-14-24-21)27-9-11-28(12-10-27)22(31)17-7-2-3-8-18(17)30(32)33/h2-8,13-14H,9-12H2,1H3. The van der Waals surface area contributed by atoms with Crippen LogP contribution in [-0.2, 0) is 0 Å². The summed E-state index contributed by atoms with van der Waals surface area (Å²) in [7, 11) is 1.60. The van der Waals surface area contributed by atoms with E-state index in [0.29, 0.717) is 48.9 Å². The number of carbonyl (C=O) groups is 1. The molecule has 2 aromatic carbocycles. The first-order valence-electron chi connectivity index (χ1n) is 10.6. The highest BCUT2D eigenvalue weighted by molar-refractivity contribution is 5.98. The Morgan fingerprint density at radius 3 is 2.62 bits per heavy atom. The molecule has 0 spiro atoms. The van der Waals surface area contributed by atoms with Crippen molar-refractivity contribution in [2.45, 2.75) is 0 Å². The molecule has 1 aliphatic heterocycles. The van der Waals surface area contributed by atoms with Gasteiger partial charge in [-0.25, -0.2) is 9.97 Å². The fourth-order valence-electron chi connectivity index (χ4n) is 3.99. The lowest BCUT2D eigenvalue weighted by Gasteiger charge is -2.35. The smallest absolute Gasteiger partial charge is 0.282 e. The highest BCUT2D eigenvalue weighted by Crippen LogP contribution is 2.26. The Morgan fingerprint density at radius 2 is 1.85 bits per heavy atom. The molecule has 2 aromatic heterocycles. The van der Waals surface area contributed by atoms with Gasteiger partial charge in [0, 0.05) is 38.3 Å². The number of ether oxygens (including phenoxy) is 1. The van der Waals surface area contributed by atoms with Gasteiger partial charge in [0.05, 0.1) is 17.7 Å². The highest BCUT2D eigenvalue weighted by Gasteiger charge is 2.28. The van der Waals surface area contributed by atoms with Gasteiger partial charge in [-0.05, 0) is 18.2 Å². The van der Waals surface area contributed by atoms with Crippen molar-refractivity contribution in [2.75, 3.05) is 38.2 Å². The van der Waals surface area contributed by atoms with Gasteiger partial charge in [-0.2, -0.15) is 4.68 Å². The lowest BCUT2D eigenvalue weighted by Crippen LogP contribution is -2.49. The van der Waals surface area contributed by atoms with E-state index >= 15 is 0 Å². The predicted molar refractivity (Wildman–Crippen MR) is 122 cm³/mol. The number of amides is 1. The molecule has 0 unspecified atom stereocenters. The van der Waals surface area contributed by atoms with Crippen LogP contribution in [-0.4, -0.2) is 74.0 Å². The third-order valence-electron chi connectivity index (χ3n) is 5.71. The van der Waals surface area contributed by atoms with E-state index in [9.17, 15) is 14.9 Å². The monoisotopic (exact) mass is 460 g/mol. The lowest BCUT2D eigenvalue weighted by molar-refractivity contribution is -0.385. The SMILES string of the molecule is COc1cccc(-n2nnc3c(N4CCN(C(=O)c5ccccc5[N+](=O)[O-])CC4)ncnc32)c1. The zero-order chi connectivity index (χ0) is 23.7. The molecule has 34 heavy (non-hydrogen) atoms. The zero-order valence-corrected chi connectivity index (χ0v) is 18.2. The summed E-state index contributed by atoms with van der Waals surface area (Å²) in [5.74, 6) is 0.954. The Balaban J connectivity index is 1.37. The van der Waals surface area contributed by atoms with Gasteiger partial charge < -0.3 is 14.5 Å². The van der Waals surface area contributed by atoms with Gasteiger partial charge in [-0.15, -0.1) is 5.10 Å². The van der Waals surface area contributed by atoms with Crippen molar-refractivity contribution in [1.82, 2.24) is 29.9 Å². The molecule has 172 valence electrons. The Morgan fingerprint density at radius 1 is 1.06 bits per heavy atom. The molecule has 0 atom stereocenters. The first-order chi connectivity index (χ1) is 16.6. The van der Waals surface area contributed by atoms with Crippen LogP contribution < -0.4 is 9.64 Å². The number of methoxy groups -OCH3 is 1. The minimum atomic E-state index is -0.535. The second kappa shape index (κ2) is 8.73. The van der Waals surface area contributed by atoms with E-state index in [1.54, 1.807) is 28.8 Å². The van der Waals surface area contributed by atoms with E-state index in [0.717, 1.165) is 5.69 Å². The van der Waals surface area contributed by atoms with Crippen molar-refractivity contribution in [1.29, 1.82) is 0 Å². The Kier molecular flexibility index (Phi) is 5.46. The van der Waals surface area contributed by atoms with Crippen LogP contribution in [0.2, 0.25) is 0 Å². The molecule has 1 saturated heterocycles. The van der Waals surface area contributed by atoms with E-state index in [2.05, 4.69) is 20.3 Å². The number of nitrogens with zero attached hydrogens (tertiary/aromatic N) is 8. The Bertz CT molecular complexity index is 1380. The fraction of sp³-hybridized carbons (Fsp3) is 0.227. The van der Waals surface area contributed by atoms with Gasteiger partial charge in [0.2, 0.25) is 0 Å². The number of benzene rings is 2. The third-order valence-corrected chi connectivity index (χ3v) is 5.71. The van der Waals surface area contributed by atoms with Crippen LogP contribution in [0, 0.1) is 10.1 Å². The van der Waals surface area contributed by atoms with Crippen LogP contribution >= 0.6 is 0 Å². The van der Waals surface area contributed by atoms with E-state index in [-0.39, 0.29) is 17.2 Å². The average molecular weight is 460 g/mol. The first kappa shape index (κ1) is 21.2. The summed E-state index contributed by atoms with van der Waals surface area (Å²) in [5.41, 5.74) is 1.75. The molecular formula is C22H20N8O4. The average Bonchev–Trinajstić information content (AvgIpc) is 3.33. The number of nitro groups is 1. The highest BCUT2D eigenvalue weighted by atomic mass is 16.6. The molecule has 4 aromatic rings. The maximum atomic E-state index is 12.9. The molecule has 0 N–H and O–H groups in total. The molecule has 1 amide bonds. The largest absolute Gasteiger partial charge is 0.497 e. The number of fused-ring (bicyclic) bond motifs is 1. The van der Waals surface area contributed by atoms with Gasteiger partial charge in [-0.1, -0.05) is 23.4 Å². The van der Waals surface area contributed by atoms with Crippen molar-refractivity contribution in [3.8, 4) is 11.4 Å². The lowest BCUT2D eigenvalue weighted by atomic mass is 10.1. The third kappa shape index (κ3) is 3.74. The number of hydrogen-bond donors (Lipinski definition) is 0. The number of piperazine rings is 1. The number of nitro benzene ring substituents is 1. The number of hydrogen-bond acceptors (Lipinski definition) is 9. The fourth-order valence-corrected chi connectivity index (χ4v) is 3.99. The van der Waals surface area contributed by atoms with Crippen LogP contribution in [0.4, 0.5) is 11.5 Å². The van der Waals surface area contributed by atoms with Gasteiger partial charge in [0.1, 0.15) is 17.6 Å². The van der Waals surface area contributed by atoms with Gasteiger partial charge in [0.25, 0.3) is 11.6 Å². The summed E-state index contributed by atoms with van der Waals surface area (Å²) in [6.45, 7) is 1.76. The molecule has 0 radical (unpaired) electrons. The molecule has 12 nitrogen and oxygen atoms in total. The normalized spacial score (nSPS) is 13.8. The molecule has 5 rings (SSSR count). The van der Waals surface area contributed by atoms with Crippen molar-refractivity contribution < 1.29 is 14.5 Å². The van der Waals surface area contributed by atoms with E-state index < -0.39 is 4.92 Å². The maximum absolute atomic E-state index is 12.9. The van der Waals surface area contributed by atoms with Crippen molar-refractivity contribution >= 4 is 28.6 Å². The number of carbonyl (C=O) groups excluding carboxylic acids is 1. The molecule has 12 heteroatoms. The number of rotatable bonds is 5. The Labute approximate surface area is 193 Å². The van der Waals surface area contributed by atoms with Crippen LogP contribution in [0.3, 0.4) is 0 Å². The summed E-state index contributed by atoms with van der Waals surface area (Å²) in [6.07, 6.45) is 1.46.